The van der Waals surface area contributed by atoms with E-state index in [1.807, 2.05) is 30.0 Å². The number of aryl methyl sites for hydroxylation is 1. The number of thioether (sulfide) groups is 1. The van der Waals surface area contributed by atoms with Crippen LogP contribution in [-0.4, -0.2) is 26.9 Å². The van der Waals surface area contributed by atoms with Gasteiger partial charge in [0.05, 0.1) is 11.0 Å². The van der Waals surface area contributed by atoms with E-state index in [0.29, 0.717) is 11.9 Å². The highest BCUT2D eigenvalue weighted by Gasteiger charge is 2.15. The van der Waals surface area contributed by atoms with Crippen LogP contribution in [0, 0.1) is 0 Å². The van der Waals surface area contributed by atoms with Crippen molar-refractivity contribution < 1.29 is 0 Å². The smallest absolute Gasteiger partial charge is 0.111 e. The second-order valence-corrected chi connectivity index (χ2v) is 7.01. The number of aromatic nitrogens is 2. The highest BCUT2D eigenvalue weighted by Crippen LogP contribution is 2.27. The summed E-state index contributed by atoms with van der Waals surface area (Å²) in [6.07, 6.45) is 1.92. The Morgan fingerprint density at radius 3 is 2.90 bits per heavy atom. The van der Waals surface area contributed by atoms with Gasteiger partial charge in [-0.15, -0.1) is 11.6 Å². The number of halogens is 2. The molecule has 1 unspecified atom stereocenters. The van der Waals surface area contributed by atoms with Gasteiger partial charge in [-0.05, 0) is 43.0 Å². The lowest BCUT2D eigenvalue weighted by Crippen LogP contribution is -2.11. The van der Waals surface area contributed by atoms with Gasteiger partial charge in [0.25, 0.3) is 0 Å². The number of benzene rings is 1. The third-order valence-electron chi connectivity index (χ3n) is 3.37. The average Bonchev–Trinajstić information content (AvgIpc) is 2.76. The number of hydrogen-bond donors (Lipinski definition) is 0. The summed E-state index contributed by atoms with van der Waals surface area (Å²) in [4.78, 5) is 4.71. The van der Waals surface area contributed by atoms with Crippen LogP contribution < -0.4 is 0 Å². The first-order valence-corrected chi connectivity index (χ1v) is 9.04. The Labute approximate surface area is 134 Å². The van der Waals surface area contributed by atoms with Crippen LogP contribution >= 0.6 is 35.0 Å². The first kappa shape index (κ1) is 16.0. The van der Waals surface area contributed by atoms with Crippen molar-refractivity contribution in [1.29, 1.82) is 0 Å². The summed E-state index contributed by atoms with van der Waals surface area (Å²) in [5, 5.41) is 0.756. The van der Waals surface area contributed by atoms with Crippen LogP contribution in [-0.2, 0) is 6.42 Å². The van der Waals surface area contributed by atoms with Crippen molar-refractivity contribution in [2.45, 2.75) is 32.7 Å². The van der Waals surface area contributed by atoms with E-state index in [9.17, 15) is 0 Å². The summed E-state index contributed by atoms with van der Waals surface area (Å²) in [5.41, 5.74) is 2.12. The van der Waals surface area contributed by atoms with Crippen LogP contribution in [0.4, 0.5) is 0 Å². The molecule has 1 heterocycles. The molecule has 0 bridgehead atoms. The molecule has 0 aliphatic carbocycles. The Hall–Kier alpha value is -0.380. The fraction of sp³-hybridized carbons (Fsp3) is 0.533. The van der Waals surface area contributed by atoms with Crippen LogP contribution in [0.25, 0.3) is 11.0 Å². The molecule has 0 N–H and O–H groups in total. The van der Waals surface area contributed by atoms with Crippen LogP contribution in [0.1, 0.15) is 32.1 Å². The molecule has 0 fully saturated rings. The zero-order valence-electron chi connectivity index (χ0n) is 11.9. The van der Waals surface area contributed by atoms with Gasteiger partial charge in [0.2, 0.25) is 0 Å². The molecule has 2 nitrogen and oxygen atoms in total. The molecule has 1 aromatic carbocycles. The van der Waals surface area contributed by atoms with Crippen molar-refractivity contribution in [2.24, 2.45) is 0 Å². The van der Waals surface area contributed by atoms with Gasteiger partial charge in [0.1, 0.15) is 5.82 Å². The van der Waals surface area contributed by atoms with Gasteiger partial charge in [-0.25, -0.2) is 4.98 Å². The van der Waals surface area contributed by atoms with Gasteiger partial charge in [0.15, 0.2) is 0 Å². The molecule has 20 heavy (non-hydrogen) atoms. The minimum absolute atomic E-state index is 0.413. The molecular weight excluding hydrogens is 311 g/mol. The van der Waals surface area contributed by atoms with Crippen molar-refractivity contribution in [3.8, 4) is 0 Å². The summed E-state index contributed by atoms with van der Waals surface area (Å²) >= 11 is 14.0. The number of hydrogen-bond acceptors (Lipinski definition) is 2. The third kappa shape index (κ3) is 3.63. The second kappa shape index (κ2) is 7.58. The summed E-state index contributed by atoms with van der Waals surface area (Å²) in [5.74, 6) is 3.98. The van der Waals surface area contributed by atoms with Gasteiger partial charge in [0, 0.05) is 23.4 Å². The Balaban J connectivity index is 2.36. The van der Waals surface area contributed by atoms with Crippen LogP contribution in [0.2, 0.25) is 5.02 Å². The number of alkyl halides is 1. The largest absolute Gasteiger partial charge is 0.325 e. The maximum absolute atomic E-state index is 6.14. The van der Waals surface area contributed by atoms with Crippen molar-refractivity contribution >= 4 is 46.0 Å². The molecule has 0 radical (unpaired) electrons. The van der Waals surface area contributed by atoms with Crippen molar-refractivity contribution in [3.05, 3.63) is 29.0 Å². The maximum Gasteiger partial charge on any atom is 0.111 e. The molecular formula is C15H20Cl2N2S. The normalized spacial score (nSPS) is 13.0. The molecule has 0 saturated heterocycles. The molecule has 0 amide bonds. The summed E-state index contributed by atoms with van der Waals surface area (Å²) < 4.78 is 2.31. The molecule has 0 aliphatic rings. The number of imidazole rings is 1. The van der Waals surface area contributed by atoms with Gasteiger partial charge < -0.3 is 4.57 Å². The van der Waals surface area contributed by atoms with E-state index in [-0.39, 0.29) is 0 Å². The number of nitrogens with zero attached hydrogens (tertiary/aromatic N) is 2. The van der Waals surface area contributed by atoms with E-state index in [0.717, 1.165) is 46.2 Å². The molecule has 0 aliphatic heterocycles. The molecule has 1 atom stereocenters. The van der Waals surface area contributed by atoms with Crippen LogP contribution in [0.15, 0.2) is 18.2 Å². The van der Waals surface area contributed by atoms with Gasteiger partial charge in [-0.3, -0.25) is 0 Å². The second-order valence-electron chi connectivity index (χ2n) is 4.80. The topological polar surface area (TPSA) is 17.8 Å². The Kier molecular flexibility index (Phi) is 6.06. The van der Waals surface area contributed by atoms with Crippen LogP contribution in [0.3, 0.4) is 0 Å². The summed E-state index contributed by atoms with van der Waals surface area (Å²) in [7, 11) is 0. The highest BCUT2D eigenvalue weighted by atomic mass is 35.5. The lowest BCUT2D eigenvalue weighted by atomic mass is 10.2. The molecule has 5 heteroatoms. The van der Waals surface area contributed by atoms with Crippen molar-refractivity contribution in [3.63, 3.8) is 0 Å². The predicted molar refractivity (Wildman–Crippen MR) is 91.5 cm³/mol. The monoisotopic (exact) mass is 330 g/mol. The molecule has 2 rings (SSSR count). The Morgan fingerprint density at radius 1 is 1.40 bits per heavy atom. The third-order valence-corrected chi connectivity index (χ3v) is 4.72. The zero-order valence-corrected chi connectivity index (χ0v) is 14.2. The molecule has 1 aromatic heterocycles. The van der Waals surface area contributed by atoms with Gasteiger partial charge in [-0.2, -0.15) is 11.8 Å². The van der Waals surface area contributed by atoms with Gasteiger partial charge in [-0.1, -0.05) is 18.5 Å². The van der Waals surface area contributed by atoms with Crippen molar-refractivity contribution in [2.75, 3.05) is 17.4 Å². The lowest BCUT2D eigenvalue weighted by molar-refractivity contribution is 0.528. The molecule has 0 saturated carbocycles. The molecule has 110 valence electrons. The quantitative estimate of drug-likeness (QED) is 0.514. The van der Waals surface area contributed by atoms with E-state index < -0.39 is 0 Å². The van der Waals surface area contributed by atoms with Gasteiger partial charge >= 0.3 is 0 Å². The first-order valence-electron chi connectivity index (χ1n) is 6.97. The zero-order chi connectivity index (χ0) is 14.5. The maximum atomic E-state index is 6.14. The predicted octanol–water partition coefficient (Wildman–Crippen LogP) is 5.18. The highest BCUT2D eigenvalue weighted by molar-refractivity contribution is 7.99. The van der Waals surface area contributed by atoms with E-state index in [1.165, 1.54) is 0 Å². The van der Waals surface area contributed by atoms with E-state index >= 15 is 0 Å². The van der Waals surface area contributed by atoms with Crippen LogP contribution in [0.5, 0.6) is 0 Å². The minimum Gasteiger partial charge on any atom is -0.325 e. The van der Waals surface area contributed by atoms with E-state index in [1.54, 1.807) is 0 Å². The molecule has 2 aromatic rings. The fourth-order valence-electron chi connectivity index (χ4n) is 2.40. The first-order chi connectivity index (χ1) is 9.67. The number of rotatable bonds is 7. The summed E-state index contributed by atoms with van der Waals surface area (Å²) in [6.45, 7) is 4.44. The Bertz CT molecular complexity index is 568. The van der Waals surface area contributed by atoms with E-state index in [2.05, 4.69) is 18.4 Å². The molecule has 0 spiro atoms. The summed E-state index contributed by atoms with van der Waals surface area (Å²) in [6, 6.07) is 6.30. The standard InChI is InChI=1S/C15H20Cl2N2S/c1-3-20-9-7-11(2)19-14-10-12(17)4-5-13(14)18-15(19)6-8-16/h4-5,10-11H,3,6-9H2,1-2H3. The van der Waals surface area contributed by atoms with Crippen molar-refractivity contribution in [1.82, 2.24) is 9.55 Å². The minimum atomic E-state index is 0.413. The lowest BCUT2D eigenvalue weighted by Gasteiger charge is -2.17. The SMILES string of the molecule is CCSCCC(C)n1c(CCCl)nc2ccc(Cl)cc21. The van der Waals surface area contributed by atoms with E-state index in [4.69, 9.17) is 28.2 Å². The fourth-order valence-corrected chi connectivity index (χ4v) is 3.53. The average molecular weight is 331 g/mol. The number of fused-ring (bicyclic) bond motifs is 1. The Morgan fingerprint density at radius 2 is 2.20 bits per heavy atom.